The standard InChI is InChI=1S/C20H27ClN4O2/c1-5-16(12-7-8-12)25-17(6-2)24-19(18(25)20(26)22-3)23-15-10-9-13(27-4)11-14(15)21/h9-12,16,23H,5-8H2,1-4H3,(H,22,26). The molecule has 3 rings (SSSR count). The normalized spacial score (nSPS) is 14.7. The van der Waals surface area contributed by atoms with Crippen LogP contribution in [0.5, 0.6) is 5.75 Å². The van der Waals surface area contributed by atoms with Gasteiger partial charge in [0.25, 0.3) is 5.91 Å². The van der Waals surface area contributed by atoms with Crippen molar-refractivity contribution in [3.63, 3.8) is 0 Å². The summed E-state index contributed by atoms with van der Waals surface area (Å²) in [6.07, 6.45) is 4.15. The number of imidazole rings is 1. The molecular weight excluding hydrogens is 364 g/mol. The molecule has 1 saturated carbocycles. The molecule has 2 aromatic rings. The minimum absolute atomic E-state index is 0.145. The molecule has 7 heteroatoms. The molecule has 1 aliphatic carbocycles. The van der Waals surface area contributed by atoms with Gasteiger partial charge in [-0.15, -0.1) is 0 Å². The molecule has 0 bridgehead atoms. The maximum atomic E-state index is 12.8. The van der Waals surface area contributed by atoms with Crippen LogP contribution in [-0.2, 0) is 6.42 Å². The van der Waals surface area contributed by atoms with E-state index in [9.17, 15) is 4.79 Å². The quantitative estimate of drug-likeness (QED) is 0.692. The average Bonchev–Trinajstić information content (AvgIpc) is 3.45. The molecule has 1 atom stereocenters. The predicted octanol–water partition coefficient (Wildman–Crippen LogP) is 4.57. The van der Waals surface area contributed by atoms with Gasteiger partial charge in [0, 0.05) is 25.6 Å². The molecule has 1 aromatic heterocycles. The van der Waals surface area contributed by atoms with Crippen LogP contribution >= 0.6 is 11.6 Å². The van der Waals surface area contributed by atoms with Crippen LogP contribution in [0.25, 0.3) is 0 Å². The van der Waals surface area contributed by atoms with Crippen molar-refractivity contribution >= 4 is 29.0 Å². The van der Waals surface area contributed by atoms with Crippen molar-refractivity contribution in [3.05, 3.63) is 34.7 Å². The Hall–Kier alpha value is -2.21. The van der Waals surface area contributed by atoms with Gasteiger partial charge in [-0.05, 0) is 37.3 Å². The highest BCUT2D eigenvalue weighted by molar-refractivity contribution is 6.33. The zero-order valence-electron chi connectivity index (χ0n) is 16.3. The topological polar surface area (TPSA) is 68.2 Å². The highest BCUT2D eigenvalue weighted by Gasteiger charge is 2.36. The summed E-state index contributed by atoms with van der Waals surface area (Å²) in [4.78, 5) is 17.5. The zero-order chi connectivity index (χ0) is 19.6. The molecule has 2 N–H and O–H groups in total. The van der Waals surface area contributed by atoms with Gasteiger partial charge in [0.2, 0.25) is 0 Å². The highest BCUT2D eigenvalue weighted by atomic mass is 35.5. The Morgan fingerprint density at radius 1 is 1.41 bits per heavy atom. The molecule has 146 valence electrons. The number of ether oxygens (including phenoxy) is 1. The molecular formula is C20H27ClN4O2. The Kier molecular flexibility index (Phi) is 5.95. The van der Waals surface area contributed by atoms with Gasteiger partial charge in [-0.25, -0.2) is 4.98 Å². The predicted molar refractivity (Wildman–Crippen MR) is 108 cm³/mol. The number of amides is 1. The maximum absolute atomic E-state index is 12.8. The average molecular weight is 391 g/mol. The van der Waals surface area contributed by atoms with E-state index in [-0.39, 0.29) is 5.91 Å². The van der Waals surface area contributed by atoms with Gasteiger partial charge in [0.15, 0.2) is 11.5 Å². The summed E-state index contributed by atoms with van der Waals surface area (Å²) in [5.41, 5.74) is 1.26. The van der Waals surface area contributed by atoms with Crippen molar-refractivity contribution in [2.75, 3.05) is 19.5 Å². The van der Waals surface area contributed by atoms with E-state index in [1.807, 2.05) is 12.1 Å². The summed E-state index contributed by atoms with van der Waals surface area (Å²) in [5.74, 6) is 2.61. The fourth-order valence-corrected chi connectivity index (χ4v) is 3.79. The van der Waals surface area contributed by atoms with E-state index in [1.165, 1.54) is 12.8 Å². The fourth-order valence-electron chi connectivity index (χ4n) is 3.57. The third-order valence-electron chi connectivity index (χ3n) is 5.09. The summed E-state index contributed by atoms with van der Waals surface area (Å²) in [6, 6.07) is 5.68. The molecule has 1 fully saturated rings. The lowest BCUT2D eigenvalue weighted by molar-refractivity contribution is 0.0951. The lowest BCUT2D eigenvalue weighted by Gasteiger charge is -2.21. The summed E-state index contributed by atoms with van der Waals surface area (Å²) >= 11 is 6.38. The second kappa shape index (κ2) is 8.21. The van der Waals surface area contributed by atoms with E-state index in [4.69, 9.17) is 21.3 Å². The van der Waals surface area contributed by atoms with Crippen LogP contribution in [0.2, 0.25) is 5.02 Å². The van der Waals surface area contributed by atoms with Crippen molar-refractivity contribution in [1.29, 1.82) is 0 Å². The number of nitrogens with one attached hydrogen (secondary N) is 2. The number of halogens is 1. The minimum Gasteiger partial charge on any atom is -0.497 e. The highest BCUT2D eigenvalue weighted by Crippen LogP contribution is 2.44. The Balaban J connectivity index is 2.06. The van der Waals surface area contributed by atoms with E-state index in [2.05, 4.69) is 29.0 Å². The number of nitrogens with zero attached hydrogens (tertiary/aromatic N) is 2. The molecule has 1 aliphatic rings. The summed E-state index contributed by atoms with van der Waals surface area (Å²) in [5, 5.41) is 6.54. The van der Waals surface area contributed by atoms with Gasteiger partial charge in [0.05, 0.1) is 17.8 Å². The molecule has 1 heterocycles. The molecule has 1 amide bonds. The van der Waals surface area contributed by atoms with Gasteiger partial charge < -0.3 is 19.9 Å². The maximum Gasteiger partial charge on any atom is 0.271 e. The van der Waals surface area contributed by atoms with E-state index >= 15 is 0 Å². The van der Waals surface area contributed by atoms with Crippen molar-refractivity contribution in [2.24, 2.45) is 5.92 Å². The molecule has 0 radical (unpaired) electrons. The van der Waals surface area contributed by atoms with Crippen LogP contribution in [0.1, 0.15) is 55.5 Å². The van der Waals surface area contributed by atoms with Gasteiger partial charge in [-0.3, -0.25) is 4.79 Å². The number of carbonyl (C=O) groups is 1. The van der Waals surface area contributed by atoms with Crippen molar-refractivity contribution in [1.82, 2.24) is 14.9 Å². The molecule has 27 heavy (non-hydrogen) atoms. The molecule has 6 nitrogen and oxygen atoms in total. The molecule has 1 unspecified atom stereocenters. The van der Waals surface area contributed by atoms with Crippen LogP contribution in [0.15, 0.2) is 18.2 Å². The number of hydrogen-bond acceptors (Lipinski definition) is 4. The van der Waals surface area contributed by atoms with E-state index < -0.39 is 0 Å². The van der Waals surface area contributed by atoms with E-state index in [1.54, 1.807) is 20.2 Å². The first-order valence-corrected chi connectivity index (χ1v) is 9.85. The SMILES string of the molecule is CCc1nc(Nc2ccc(OC)cc2Cl)c(C(=O)NC)n1C(CC)C1CC1. The molecule has 0 spiro atoms. The number of carbonyl (C=O) groups excluding carboxylic acids is 1. The lowest BCUT2D eigenvalue weighted by Crippen LogP contribution is -2.26. The van der Waals surface area contributed by atoms with Crippen LogP contribution in [0.3, 0.4) is 0 Å². The Morgan fingerprint density at radius 2 is 2.15 bits per heavy atom. The zero-order valence-corrected chi connectivity index (χ0v) is 17.1. The number of aryl methyl sites for hydroxylation is 1. The number of rotatable bonds is 8. The minimum atomic E-state index is -0.145. The van der Waals surface area contributed by atoms with Gasteiger partial charge >= 0.3 is 0 Å². The van der Waals surface area contributed by atoms with Crippen molar-refractivity contribution in [3.8, 4) is 5.75 Å². The third kappa shape index (κ3) is 3.90. The second-order valence-electron chi connectivity index (χ2n) is 6.81. The summed E-state index contributed by atoms with van der Waals surface area (Å²) in [7, 11) is 3.24. The van der Waals surface area contributed by atoms with E-state index in [0.717, 1.165) is 18.7 Å². The third-order valence-corrected chi connectivity index (χ3v) is 5.40. The first-order valence-electron chi connectivity index (χ1n) is 9.47. The van der Waals surface area contributed by atoms with Crippen LogP contribution in [0, 0.1) is 5.92 Å². The monoisotopic (exact) mass is 390 g/mol. The first-order chi connectivity index (χ1) is 13.0. The Labute approximate surface area is 165 Å². The van der Waals surface area contributed by atoms with Crippen LogP contribution in [-0.4, -0.2) is 29.6 Å². The van der Waals surface area contributed by atoms with Crippen molar-refractivity contribution in [2.45, 2.75) is 45.6 Å². The smallest absolute Gasteiger partial charge is 0.271 e. The number of anilines is 2. The Bertz CT molecular complexity index is 830. The number of aromatic nitrogens is 2. The fraction of sp³-hybridized carbons (Fsp3) is 0.500. The summed E-state index contributed by atoms with van der Waals surface area (Å²) in [6.45, 7) is 4.24. The number of methoxy groups -OCH3 is 1. The molecule has 1 aromatic carbocycles. The Morgan fingerprint density at radius 3 is 2.67 bits per heavy atom. The van der Waals surface area contributed by atoms with Gasteiger partial charge in [0.1, 0.15) is 11.6 Å². The molecule has 0 saturated heterocycles. The second-order valence-corrected chi connectivity index (χ2v) is 7.22. The van der Waals surface area contributed by atoms with Crippen molar-refractivity contribution < 1.29 is 9.53 Å². The summed E-state index contributed by atoms with van der Waals surface area (Å²) < 4.78 is 7.34. The van der Waals surface area contributed by atoms with Gasteiger partial charge in [-0.1, -0.05) is 25.4 Å². The van der Waals surface area contributed by atoms with Gasteiger partial charge in [-0.2, -0.15) is 0 Å². The number of hydrogen-bond donors (Lipinski definition) is 2. The van der Waals surface area contributed by atoms with Crippen LogP contribution < -0.4 is 15.4 Å². The van der Waals surface area contributed by atoms with Crippen LogP contribution in [0.4, 0.5) is 11.5 Å². The number of benzene rings is 1. The van der Waals surface area contributed by atoms with E-state index in [0.29, 0.717) is 39.9 Å². The molecule has 0 aliphatic heterocycles. The largest absolute Gasteiger partial charge is 0.497 e. The lowest BCUT2D eigenvalue weighted by atomic mass is 10.1. The first kappa shape index (κ1) is 19.5.